The molecule has 0 spiro atoms. The number of amides is 2. The van der Waals surface area contributed by atoms with Crippen molar-refractivity contribution < 1.29 is 4.79 Å². The molecule has 2 amide bonds. The average molecular weight is 617 g/mol. The van der Waals surface area contributed by atoms with E-state index in [0.717, 1.165) is 48.1 Å². The third-order valence-corrected chi connectivity index (χ3v) is 8.05. The zero-order chi connectivity index (χ0) is 31.9. The lowest BCUT2D eigenvalue weighted by molar-refractivity contribution is 0.240. The lowest BCUT2D eigenvalue weighted by Crippen LogP contribution is -2.49. The van der Waals surface area contributed by atoms with Gasteiger partial charge in [-0.1, -0.05) is 30.3 Å². The number of hydrogen-bond acceptors (Lipinski definition) is 9. The summed E-state index contributed by atoms with van der Waals surface area (Å²) in [6, 6.07) is 17.7. The molecule has 1 aliphatic carbocycles. The zero-order valence-electron chi connectivity index (χ0n) is 25.8. The molecule has 1 saturated carbocycles. The molecule has 3 N–H and O–H groups in total. The maximum Gasteiger partial charge on any atom is 0.323 e. The van der Waals surface area contributed by atoms with E-state index in [0.29, 0.717) is 36.2 Å². The van der Waals surface area contributed by atoms with Gasteiger partial charge in [-0.05, 0) is 49.4 Å². The van der Waals surface area contributed by atoms with Gasteiger partial charge in [-0.15, -0.1) is 0 Å². The van der Waals surface area contributed by atoms with Crippen molar-refractivity contribution in [2.75, 3.05) is 15.5 Å². The van der Waals surface area contributed by atoms with E-state index in [1.165, 1.54) is 6.20 Å². The number of rotatable bonds is 10. The van der Waals surface area contributed by atoms with Gasteiger partial charge in [0.25, 0.3) is 0 Å². The molecule has 13 nitrogen and oxygen atoms in total. The third kappa shape index (κ3) is 7.29. The fourth-order valence-electron chi connectivity index (χ4n) is 5.65. The highest BCUT2D eigenvalue weighted by atomic mass is 16.2. The van der Waals surface area contributed by atoms with E-state index in [9.17, 15) is 10.1 Å². The quantitative estimate of drug-likeness (QED) is 0.204. The van der Waals surface area contributed by atoms with Crippen LogP contribution in [0, 0.1) is 11.3 Å². The summed E-state index contributed by atoms with van der Waals surface area (Å²) in [6.45, 7) is 0.865. The Balaban J connectivity index is 1.13. The van der Waals surface area contributed by atoms with Crippen LogP contribution in [0.4, 0.5) is 22.4 Å². The van der Waals surface area contributed by atoms with Crippen molar-refractivity contribution in [1.82, 2.24) is 39.8 Å². The van der Waals surface area contributed by atoms with Gasteiger partial charge in [0, 0.05) is 62.4 Å². The molecule has 1 aromatic carbocycles. The SMILES string of the molecule is Cn1cc(-c2ccc(N(C(=O)NCc3ccccc3)[C@H]3CC[C@H](Nc4ncc(C#N)c(NCc5ccn(C)n5)n4)CC3)nc2)cn1. The summed E-state index contributed by atoms with van der Waals surface area (Å²) in [4.78, 5) is 29.2. The molecular formula is C33H36N12O. The van der Waals surface area contributed by atoms with Crippen molar-refractivity contribution in [3.05, 3.63) is 96.3 Å². The van der Waals surface area contributed by atoms with Crippen LogP contribution in [0.2, 0.25) is 0 Å². The van der Waals surface area contributed by atoms with E-state index in [-0.39, 0.29) is 18.1 Å². The van der Waals surface area contributed by atoms with Gasteiger partial charge < -0.3 is 16.0 Å². The monoisotopic (exact) mass is 616 g/mol. The maximum absolute atomic E-state index is 13.7. The summed E-state index contributed by atoms with van der Waals surface area (Å²) in [5.41, 5.74) is 4.14. The van der Waals surface area contributed by atoms with Crippen LogP contribution in [0.15, 0.2) is 79.5 Å². The van der Waals surface area contributed by atoms with Crippen LogP contribution >= 0.6 is 0 Å². The number of nitrogens with zero attached hydrogens (tertiary/aromatic N) is 9. The minimum absolute atomic E-state index is 0.0388. The number of aryl methyl sites for hydroxylation is 2. The lowest BCUT2D eigenvalue weighted by atomic mass is 9.90. The number of aromatic nitrogens is 7. The summed E-state index contributed by atoms with van der Waals surface area (Å²) >= 11 is 0. The molecule has 0 atom stereocenters. The maximum atomic E-state index is 13.7. The molecule has 1 aliphatic rings. The normalized spacial score (nSPS) is 15.9. The van der Waals surface area contributed by atoms with Crippen LogP contribution in [0.1, 0.15) is 42.5 Å². The second-order valence-corrected chi connectivity index (χ2v) is 11.4. The number of carbonyl (C=O) groups is 1. The largest absolute Gasteiger partial charge is 0.363 e. The van der Waals surface area contributed by atoms with Gasteiger partial charge in [-0.3, -0.25) is 14.3 Å². The van der Waals surface area contributed by atoms with Gasteiger partial charge in [0.1, 0.15) is 23.3 Å². The molecule has 4 heterocycles. The first kappa shape index (κ1) is 30.3. The minimum Gasteiger partial charge on any atom is -0.363 e. The van der Waals surface area contributed by atoms with Crippen LogP contribution in [0.5, 0.6) is 0 Å². The van der Waals surface area contributed by atoms with Crippen molar-refractivity contribution in [2.24, 2.45) is 14.1 Å². The number of nitriles is 1. The van der Waals surface area contributed by atoms with E-state index in [1.54, 1.807) is 26.7 Å². The molecule has 5 aromatic rings. The molecule has 0 unspecified atom stereocenters. The standard InChI is InChI=1S/C33H36N12O/c1-43-15-14-28(42-43)21-36-31-25(16-34)19-37-32(41-31)40-27-9-11-29(12-10-27)45(33(46)38-17-23-6-4-3-5-7-23)30-13-8-24(18-35-30)26-20-39-44(2)22-26/h3-8,13-15,18-20,22,27,29H,9-12,17,21H2,1-2H3,(H,38,46)(H2,36,37,40,41)/t27-,29-. The summed E-state index contributed by atoms with van der Waals surface area (Å²) in [6.07, 6.45) is 12.1. The van der Waals surface area contributed by atoms with Gasteiger partial charge in [-0.2, -0.15) is 20.4 Å². The first-order valence-electron chi connectivity index (χ1n) is 15.3. The number of nitrogens with one attached hydrogen (secondary N) is 3. The molecular weight excluding hydrogens is 580 g/mol. The molecule has 1 fully saturated rings. The summed E-state index contributed by atoms with van der Waals surface area (Å²) in [5, 5.41) is 28.0. The van der Waals surface area contributed by atoms with Crippen LogP contribution in [-0.2, 0) is 27.2 Å². The minimum atomic E-state index is -0.180. The highest BCUT2D eigenvalue weighted by molar-refractivity contribution is 5.91. The lowest BCUT2D eigenvalue weighted by Gasteiger charge is -2.36. The molecule has 13 heteroatoms. The van der Waals surface area contributed by atoms with Gasteiger partial charge in [0.2, 0.25) is 5.95 Å². The van der Waals surface area contributed by atoms with Crippen molar-refractivity contribution in [2.45, 2.75) is 50.9 Å². The van der Waals surface area contributed by atoms with Crippen LogP contribution < -0.4 is 20.9 Å². The molecule has 0 radical (unpaired) electrons. The molecule has 0 aliphatic heterocycles. The van der Waals surface area contributed by atoms with E-state index >= 15 is 0 Å². The Morgan fingerprint density at radius 2 is 1.78 bits per heavy atom. The predicted molar refractivity (Wildman–Crippen MR) is 175 cm³/mol. The summed E-state index contributed by atoms with van der Waals surface area (Å²) in [7, 11) is 3.74. The van der Waals surface area contributed by atoms with Crippen LogP contribution in [0.25, 0.3) is 11.1 Å². The van der Waals surface area contributed by atoms with Crippen molar-refractivity contribution in [3.8, 4) is 17.2 Å². The summed E-state index contributed by atoms with van der Waals surface area (Å²) in [5.74, 6) is 1.52. The predicted octanol–water partition coefficient (Wildman–Crippen LogP) is 4.63. The van der Waals surface area contributed by atoms with Gasteiger partial charge >= 0.3 is 6.03 Å². The Bertz CT molecular complexity index is 1800. The number of hydrogen-bond donors (Lipinski definition) is 3. The highest BCUT2D eigenvalue weighted by Gasteiger charge is 2.31. The average Bonchev–Trinajstić information content (AvgIpc) is 3.72. The number of benzene rings is 1. The number of carbonyl (C=O) groups excluding carboxylic acids is 1. The number of anilines is 3. The third-order valence-electron chi connectivity index (χ3n) is 8.05. The second kappa shape index (κ2) is 13.9. The van der Waals surface area contributed by atoms with Gasteiger partial charge in [-0.25, -0.2) is 14.8 Å². The Morgan fingerprint density at radius 3 is 2.46 bits per heavy atom. The highest BCUT2D eigenvalue weighted by Crippen LogP contribution is 2.30. The first-order valence-corrected chi connectivity index (χ1v) is 15.3. The molecule has 6 rings (SSSR count). The fourth-order valence-corrected chi connectivity index (χ4v) is 5.65. The number of pyridine rings is 1. The molecule has 0 saturated heterocycles. The van der Waals surface area contributed by atoms with Crippen molar-refractivity contribution in [3.63, 3.8) is 0 Å². The molecule has 234 valence electrons. The Hall–Kier alpha value is -5.77. The van der Waals surface area contributed by atoms with Crippen molar-refractivity contribution >= 4 is 23.6 Å². The first-order chi connectivity index (χ1) is 22.4. The van der Waals surface area contributed by atoms with E-state index in [1.807, 2.05) is 75.0 Å². The summed E-state index contributed by atoms with van der Waals surface area (Å²) < 4.78 is 3.48. The van der Waals surface area contributed by atoms with E-state index < -0.39 is 0 Å². The Labute approximate surface area is 267 Å². The van der Waals surface area contributed by atoms with E-state index in [2.05, 4.69) is 42.2 Å². The Kier molecular flexibility index (Phi) is 9.14. The molecule has 0 bridgehead atoms. The number of urea groups is 1. The fraction of sp³-hybridized carbons (Fsp3) is 0.303. The molecule has 4 aromatic heterocycles. The van der Waals surface area contributed by atoms with Gasteiger partial charge in [0.15, 0.2) is 0 Å². The van der Waals surface area contributed by atoms with E-state index in [4.69, 9.17) is 4.98 Å². The smallest absolute Gasteiger partial charge is 0.323 e. The van der Waals surface area contributed by atoms with Crippen LogP contribution in [-0.4, -0.2) is 52.6 Å². The van der Waals surface area contributed by atoms with Gasteiger partial charge in [0.05, 0.1) is 24.6 Å². The topological polar surface area (TPSA) is 154 Å². The second-order valence-electron chi connectivity index (χ2n) is 11.4. The van der Waals surface area contributed by atoms with Crippen LogP contribution in [0.3, 0.4) is 0 Å². The van der Waals surface area contributed by atoms with Crippen molar-refractivity contribution in [1.29, 1.82) is 5.26 Å². The Morgan fingerprint density at radius 1 is 0.957 bits per heavy atom. The molecule has 46 heavy (non-hydrogen) atoms. The zero-order valence-corrected chi connectivity index (χ0v) is 25.8.